The zero-order valence-corrected chi connectivity index (χ0v) is 6.79. The molecule has 2 N–H and O–H groups in total. The van der Waals surface area contributed by atoms with E-state index in [4.69, 9.17) is 5.73 Å². The van der Waals surface area contributed by atoms with Crippen molar-refractivity contribution in [1.82, 2.24) is 10.2 Å². The Balaban J connectivity index is 2.38. The van der Waals surface area contributed by atoms with Crippen LogP contribution in [0.3, 0.4) is 0 Å². The molecule has 11 heavy (non-hydrogen) atoms. The van der Waals surface area contributed by atoms with Gasteiger partial charge in [0.2, 0.25) is 5.91 Å². The van der Waals surface area contributed by atoms with Gasteiger partial charge in [-0.3, -0.25) is 9.69 Å². The summed E-state index contributed by atoms with van der Waals surface area (Å²) in [7, 11) is 0. The van der Waals surface area contributed by atoms with E-state index in [1.54, 1.807) is 0 Å². The second-order valence-corrected chi connectivity index (χ2v) is 2.79. The van der Waals surface area contributed by atoms with Crippen LogP contribution in [-0.2, 0) is 4.79 Å². The van der Waals surface area contributed by atoms with Crippen LogP contribution < -0.4 is 11.1 Å². The van der Waals surface area contributed by atoms with Gasteiger partial charge in [0.1, 0.15) is 0 Å². The molecule has 1 aliphatic heterocycles. The van der Waals surface area contributed by atoms with Gasteiger partial charge >= 0.3 is 0 Å². The highest BCUT2D eigenvalue weighted by Gasteiger charge is 2.20. The molecule has 1 heterocycles. The van der Waals surface area contributed by atoms with Crippen molar-refractivity contribution in [3.8, 4) is 0 Å². The van der Waals surface area contributed by atoms with Crippen molar-refractivity contribution in [2.75, 3.05) is 26.2 Å². The SMILES string of the molecule is CC(C(N)=O)N1CC[N]CC1. The van der Waals surface area contributed by atoms with Crippen LogP contribution in [0.5, 0.6) is 0 Å². The lowest BCUT2D eigenvalue weighted by Gasteiger charge is -2.29. The van der Waals surface area contributed by atoms with E-state index in [2.05, 4.69) is 10.2 Å². The molecule has 1 aliphatic rings. The number of primary amides is 1. The largest absolute Gasteiger partial charge is 0.368 e. The highest BCUT2D eigenvalue weighted by molar-refractivity contribution is 5.79. The van der Waals surface area contributed by atoms with E-state index in [0.717, 1.165) is 26.2 Å². The van der Waals surface area contributed by atoms with Gasteiger partial charge in [0.05, 0.1) is 6.04 Å². The summed E-state index contributed by atoms with van der Waals surface area (Å²) < 4.78 is 0. The fraction of sp³-hybridized carbons (Fsp3) is 0.857. The Labute approximate surface area is 66.7 Å². The number of carbonyl (C=O) groups is 1. The van der Waals surface area contributed by atoms with E-state index in [0.29, 0.717) is 0 Å². The maximum absolute atomic E-state index is 10.7. The maximum Gasteiger partial charge on any atom is 0.234 e. The molecular formula is C7H14N3O. The molecule has 1 amide bonds. The Morgan fingerprint density at radius 2 is 2.09 bits per heavy atom. The number of piperazine rings is 1. The van der Waals surface area contributed by atoms with Gasteiger partial charge in [-0.15, -0.1) is 0 Å². The van der Waals surface area contributed by atoms with Crippen LogP contribution in [0.2, 0.25) is 0 Å². The predicted octanol–water partition coefficient (Wildman–Crippen LogP) is -1.22. The van der Waals surface area contributed by atoms with Crippen LogP contribution in [0.4, 0.5) is 0 Å². The number of carbonyl (C=O) groups excluding carboxylic acids is 1. The molecule has 1 saturated heterocycles. The number of amides is 1. The number of nitrogens with zero attached hydrogens (tertiary/aromatic N) is 2. The van der Waals surface area contributed by atoms with Crippen molar-refractivity contribution in [3.05, 3.63) is 0 Å². The summed E-state index contributed by atoms with van der Waals surface area (Å²) in [6, 6.07) is -0.134. The molecular weight excluding hydrogens is 142 g/mol. The minimum Gasteiger partial charge on any atom is -0.368 e. The number of hydrogen-bond acceptors (Lipinski definition) is 2. The van der Waals surface area contributed by atoms with Crippen molar-refractivity contribution in [1.29, 1.82) is 0 Å². The third-order valence-electron chi connectivity index (χ3n) is 2.05. The summed E-state index contributed by atoms with van der Waals surface area (Å²) >= 11 is 0. The van der Waals surface area contributed by atoms with E-state index in [1.165, 1.54) is 0 Å². The molecule has 1 unspecified atom stereocenters. The van der Waals surface area contributed by atoms with Crippen LogP contribution in [0.25, 0.3) is 0 Å². The van der Waals surface area contributed by atoms with Gasteiger partial charge in [0, 0.05) is 26.2 Å². The normalized spacial score (nSPS) is 23.0. The average Bonchev–Trinajstić information content (AvgIpc) is 2.05. The van der Waals surface area contributed by atoms with Gasteiger partial charge in [-0.2, -0.15) is 0 Å². The van der Waals surface area contributed by atoms with Crippen LogP contribution in [0.15, 0.2) is 0 Å². The summed E-state index contributed by atoms with van der Waals surface area (Å²) in [6.45, 7) is 5.23. The van der Waals surface area contributed by atoms with Gasteiger partial charge in [-0.25, -0.2) is 5.32 Å². The van der Waals surface area contributed by atoms with E-state index in [1.807, 2.05) is 6.92 Å². The van der Waals surface area contributed by atoms with Crippen LogP contribution in [0, 0.1) is 0 Å². The lowest BCUT2D eigenvalue weighted by molar-refractivity contribution is -0.122. The summed E-state index contributed by atoms with van der Waals surface area (Å²) in [5.74, 6) is -0.244. The minimum absolute atomic E-state index is 0.134. The topological polar surface area (TPSA) is 60.4 Å². The lowest BCUT2D eigenvalue weighted by atomic mass is 10.2. The predicted molar refractivity (Wildman–Crippen MR) is 42.1 cm³/mol. The van der Waals surface area contributed by atoms with E-state index < -0.39 is 0 Å². The molecule has 0 spiro atoms. The van der Waals surface area contributed by atoms with Gasteiger partial charge in [-0.05, 0) is 6.92 Å². The molecule has 63 valence electrons. The molecule has 1 atom stereocenters. The van der Waals surface area contributed by atoms with Crippen molar-refractivity contribution in [2.24, 2.45) is 5.73 Å². The third kappa shape index (κ3) is 2.17. The average molecular weight is 156 g/mol. The summed E-state index contributed by atoms with van der Waals surface area (Å²) in [5, 5.41) is 4.18. The van der Waals surface area contributed by atoms with E-state index >= 15 is 0 Å². The van der Waals surface area contributed by atoms with Crippen molar-refractivity contribution >= 4 is 5.91 Å². The molecule has 0 saturated carbocycles. The van der Waals surface area contributed by atoms with Gasteiger partial charge < -0.3 is 5.73 Å². The molecule has 4 heteroatoms. The highest BCUT2D eigenvalue weighted by Crippen LogP contribution is 1.99. The maximum atomic E-state index is 10.7. The Morgan fingerprint density at radius 3 is 2.55 bits per heavy atom. The van der Waals surface area contributed by atoms with Gasteiger partial charge in [0.15, 0.2) is 0 Å². The van der Waals surface area contributed by atoms with E-state index in [9.17, 15) is 4.79 Å². The minimum atomic E-state index is -0.244. The van der Waals surface area contributed by atoms with E-state index in [-0.39, 0.29) is 11.9 Å². The Morgan fingerprint density at radius 1 is 1.55 bits per heavy atom. The Kier molecular flexibility index (Phi) is 2.84. The van der Waals surface area contributed by atoms with Crippen LogP contribution in [0.1, 0.15) is 6.92 Å². The molecule has 1 radical (unpaired) electrons. The smallest absolute Gasteiger partial charge is 0.234 e. The molecule has 0 bridgehead atoms. The number of hydrogen-bond donors (Lipinski definition) is 1. The first kappa shape index (κ1) is 8.49. The van der Waals surface area contributed by atoms with Crippen molar-refractivity contribution in [2.45, 2.75) is 13.0 Å². The highest BCUT2D eigenvalue weighted by atomic mass is 16.1. The van der Waals surface area contributed by atoms with Crippen LogP contribution >= 0.6 is 0 Å². The van der Waals surface area contributed by atoms with Crippen molar-refractivity contribution in [3.63, 3.8) is 0 Å². The van der Waals surface area contributed by atoms with Crippen LogP contribution in [-0.4, -0.2) is 43.0 Å². The Bertz CT molecular complexity index is 143. The van der Waals surface area contributed by atoms with Crippen molar-refractivity contribution < 1.29 is 4.79 Å². The first-order chi connectivity index (χ1) is 5.22. The summed E-state index contributed by atoms with van der Waals surface area (Å²) in [5.41, 5.74) is 5.16. The second-order valence-electron chi connectivity index (χ2n) is 2.79. The zero-order chi connectivity index (χ0) is 8.27. The molecule has 1 rings (SSSR count). The Hall–Kier alpha value is -0.610. The first-order valence-electron chi connectivity index (χ1n) is 3.88. The first-order valence-corrected chi connectivity index (χ1v) is 3.88. The molecule has 0 aromatic carbocycles. The molecule has 1 fully saturated rings. The number of rotatable bonds is 2. The van der Waals surface area contributed by atoms with Gasteiger partial charge in [-0.1, -0.05) is 0 Å². The standard InChI is InChI=1S/C7H14N3O/c1-6(7(8)11)10-4-2-9-3-5-10/h6H,2-5H2,1H3,(H2,8,11). The van der Waals surface area contributed by atoms with Gasteiger partial charge in [0.25, 0.3) is 0 Å². The summed E-state index contributed by atoms with van der Waals surface area (Å²) in [4.78, 5) is 12.8. The molecule has 0 aromatic heterocycles. The fourth-order valence-electron chi connectivity index (χ4n) is 1.19. The quantitative estimate of drug-likeness (QED) is 0.545. The third-order valence-corrected chi connectivity index (χ3v) is 2.05. The number of nitrogens with two attached hydrogens (primary N) is 1. The molecule has 0 aromatic rings. The lowest BCUT2D eigenvalue weighted by Crippen LogP contribution is -2.49. The monoisotopic (exact) mass is 156 g/mol. The zero-order valence-electron chi connectivity index (χ0n) is 6.79. The molecule has 4 nitrogen and oxygen atoms in total. The molecule has 0 aliphatic carbocycles. The fourth-order valence-corrected chi connectivity index (χ4v) is 1.19. The summed E-state index contributed by atoms with van der Waals surface area (Å²) in [6.07, 6.45) is 0. The second kappa shape index (κ2) is 3.69.